The van der Waals surface area contributed by atoms with E-state index in [1.165, 1.54) is 0 Å². The van der Waals surface area contributed by atoms with Crippen LogP contribution in [-0.2, 0) is 14.9 Å². The Morgan fingerprint density at radius 1 is 1.56 bits per heavy atom. The Labute approximate surface area is 117 Å². The topological polar surface area (TPSA) is 39.2 Å². The van der Waals surface area contributed by atoms with E-state index in [1.54, 1.807) is 11.3 Å². The molecule has 0 atom stereocenters. The van der Waals surface area contributed by atoms with Crippen LogP contribution in [0.25, 0.3) is 10.2 Å². The lowest BCUT2D eigenvalue weighted by atomic mass is 10.1. The van der Waals surface area contributed by atoms with Gasteiger partial charge in [-0.1, -0.05) is 15.9 Å². The third-order valence-electron chi connectivity index (χ3n) is 3.18. The second-order valence-electron chi connectivity index (χ2n) is 4.43. The number of carbonyl (C=O) groups excluding carboxylic acids is 1. The van der Waals surface area contributed by atoms with Crippen molar-refractivity contribution in [3.05, 3.63) is 27.7 Å². The molecule has 3 nitrogen and oxygen atoms in total. The summed E-state index contributed by atoms with van der Waals surface area (Å²) in [4.78, 5) is 16.6. The zero-order chi connectivity index (χ0) is 12.8. The van der Waals surface area contributed by atoms with Crippen LogP contribution in [0.15, 0.2) is 22.7 Å². The van der Waals surface area contributed by atoms with Crippen LogP contribution in [0.4, 0.5) is 0 Å². The summed E-state index contributed by atoms with van der Waals surface area (Å²) in [5.41, 5.74) is 0.500. The smallest absolute Gasteiger partial charge is 0.319 e. The van der Waals surface area contributed by atoms with Crippen LogP contribution in [0.3, 0.4) is 0 Å². The number of ether oxygens (including phenoxy) is 1. The van der Waals surface area contributed by atoms with Gasteiger partial charge >= 0.3 is 5.97 Å². The quantitative estimate of drug-likeness (QED) is 0.808. The highest BCUT2D eigenvalue weighted by Crippen LogP contribution is 2.51. The Bertz CT molecular complexity index is 618. The maximum Gasteiger partial charge on any atom is 0.319 e. The van der Waals surface area contributed by atoms with Crippen molar-refractivity contribution in [2.45, 2.75) is 25.2 Å². The maximum atomic E-state index is 12.0. The fourth-order valence-corrected chi connectivity index (χ4v) is 3.75. The molecule has 0 unspecified atom stereocenters. The highest BCUT2D eigenvalue weighted by Gasteiger charge is 2.55. The minimum absolute atomic E-state index is 0.122. The van der Waals surface area contributed by atoms with Crippen LogP contribution in [-0.4, -0.2) is 17.6 Å². The van der Waals surface area contributed by atoms with Gasteiger partial charge in [-0.05, 0) is 38.0 Å². The summed E-state index contributed by atoms with van der Waals surface area (Å²) >= 11 is 5.04. The number of rotatable bonds is 3. The molecule has 2 aromatic rings. The highest BCUT2D eigenvalue weighted by molar-refractivity contribution is 9.10. The first-order valence-electron chi connectivity index (χ1n) is 5.89. The van der Waals surface area contributed by atoms with Crippen molar-refractivity contribution in [2.24, 2.45) is 0 Å². The average Bonchev–Trinajstić information content (AvgIpc) is 3.05. The molecule has 1 aromatic carbocycles. The largest absolute Gasteiger partial charge is 0.465 e. The number of nitrogens with zero attached hydrogens (tertiary/aromatic N) is 1. The minimum atomic E-state index is -0.452. The Kier molecular flexibility index (Phi) is 2.90. The van der Waals surface area contributed by atoms with Gasteiger partial charge in [0.1, 0.15) is 10.4 Å². The molecule has 0 radical (unpaired) electrons. The van der Waals surface area contributed by atoms with Gasteiger partial charge < -0.3 is 4.74 Å². The van der Waals surface area contributed by atoms with E-state index in [-0.39, 0.29) is 5.97 Å². The highest BCUT2D eigenvalue weighted by atomic mass is 79.9. The number of carbonyl (C=O) groups is 1. The van der Waals surface area contributed by atoms with E-state index in [9.17, 15) is 4.79 Å². The summed E-state index contributed by atoms with van der Waals surface area (Å²) in [5, 5.41) is 0.897. The van der Waals surface area contributed by atoms with Gasteiger partial charge in [0.05, 0.1) is 16.8 Å². The summed E-state index contributed by atoms with van der Waals surface area (Å²) < 4.78 is 7.30. The van der Waals surface area contributed by atoms with Crippen LogP contribution >= 0.6 is 27.3 Å². The first-order chi connectivity index (χ1) is 8.65. The molecule has 1 saturated carbocycles. The monoisotopic (exact) mass is 325 g/mol. The zero-order valence-electron chi connectivity index (χ0n) is 9.90. The van der Waals surface area contributed by atoms with Crippen LogP contribution in [0.2, 0.25) is 0 Å². The molecular weight excluding hydrogens is 314 g/mol. The van der Waals surface area contributed by atoms with Crippen LogP contribution in [0.5, 0.6) is 0 Å². The molecule has 1 aromatic heterocycles. The van der Waals surface area contributed by atoms with Crippen molar-refractivity contribution in [3.63, 3.8) is 0 Å². The van der Waals surface area contributed by atoms with Gasteiger partial charge in [-0.15, -0.1) is 11.3 Å². The molecule has 5 heteroatoms. The predicted molar refractivity (Wildman–Crippen MR) is 74.9 cm³/mol. The predicted octanol–water partition coefficient (Wildman–Crippen LogP) is 3.65. The summed E-state index contributed by atoms with van der Waals surface area (Å²) in [6.07, 6.45) is 1.71. The normalized spacial score (nSPS) is 16.8. The van der Waals surface area contributed by atoms with Crippen LogP contribution in [0, 0.1) is 0 Å². The molecule has 1 fully saturated rings. The lowest BCUT2D eigenvalue weighted by Gasteiger charge is -2.09. The molecule has 94 valence electrons. The second-order valence-corrected chi connectivity index (χ2v) is 6.38. The molecule has 0 amide bonds. The molecule has 0 spiro atoms. The zero-order valence-corrected chi connectivity index (χ0v) is 12.3. The van der Waals surface area contributed by atoms with Crippen molar-refractivity contribution < 1.29 is 9.53 Å². The first-order valence-corrected chi connectivity index (χ1v) is 7.50. The van der Waals surface area contributed by atoms with E-state index >= 15 is 0 Å². The van der Waals surface area contributed by atoms with Crippen molar-refractivity contribution >= 4 is 43.5 Å². The molecular formula is C13H12BrNO2S. The second kappa shape index (κ2) is 4.31. The number of thiazole rings is 1. The lowest BCUT2D eigenvalue weighted by Crippen LogP contribution is -2.22. The van der Waals surface area contributed by atoms with E-state index in [1.807, 2.05) is 25.1 Å². The summed E-state index contributed by atoms with van der Waals surface area (Å²) in [6.45, 7) is 2.26. The van der Waals surface area contributed by atoms with Crippen molar-refractivity contribution in [1.82, 2.24) is 4.98 Å². The maximum absolute atomic E-state index is 12.0. The Morgan fingerprint density at radius 3 is 3.00 bits per heavy atom. The number of aromatic nitrogens is 1. The number of esters is 1. The average molecular weight is 326 g/mol. The van der Waals surface area contributed by atoms with Gasteiger partial charge in [0.25, 0.3) is 0 Å². The fourth-order valence-electron chi connectivity index (χ4n) is 2.00. The van der Waals surface area contributed by atoms with E-state index in [0.29, 0.717) is 6.61 Å². The first kappa shape index (κ1) is 12.1. The fraction of sp³-hybridized carbons (Fsp3) is 0.385. The van der Waals surface area contributed by atoms with E-state index in [0.717, 1.165) is 32.5 Å². The van der Waals surface area contributed by atoms with Gasteiger partial charge in [0.2, 0.25) is 0 Å². The molecule has 0 aliphatic heterocycles. The SMILES string of the molecule is CCOC(=O)C1(c2nc3ccc(Br)cc3s2)CC1. The number of benzene rings is 1. The molecule has 0 bridgehead atoms. The van der Waals surface area contributed by atoms with Gasteiger partial charge in [0, 0.05) is 4.47 Å². The molecule has 1 aliphatic rings. The van der Waals surface area contributed by atoms with Crippen LogP contribution in [0.1, 0.15) is 24.8 Å². The van der Waals surface area contributed by atoms with Gasteiger partial charge in [-0.25, -0.2) is 4.98 Å². The van der Waals surface area contributed by atoms with E-state index < -0.39 is 5.41 Å². The van der Waals surface area contributed by atoms with Gasteiger partial charge in [-0.2, -0.15) is 0 Å². The standard InChI is InChI=1S/C13H12BrNO2S/c1-2-17-12(16)13(5-6-13)11-15-9-4-3-8(14)7-10(9)18-11/h3-4,7H,2,5-6H2,1H3. The number of halogens is 1. The number of hydrogen-bond acceptors (Lipinski definition) is 4. The van der Waals surface area contributed by atoms with Crippen molar-refractivity contribution in [3.8, 4) is 0 Å². The number of hydrogen-bond donors (Lipinski definition) is 0. The van der Waals surface area contributed by atoms with Crippen molar-refractivity contribution in [1.29, 1.82) is 0 Å². The Morgan fingerprint density at radius 2 is 2.33 bits per heavy atom. The Balaban J connectivity index is 2.02. The Hall–Kier alpha value is -0.940. The van der Waals surface area contributed by atoms with E-state index in [2.05, 4.69) is 20.9 Å². The van der Waals surface area contributed by atoms with Gasteiger partial charge in [0.15, 0.2) is 0 Å². The third kappa shape index (κ3) is 1.86. The van der Waals surface area contributed by atoms with Gasteiger partial charge in [-0.3, -0.25) is 4.79 Å². The summed E-state index contributed by atoms with van der Waals surface area (Å²) in [7, 11) is 0. The van der Waals surface area contributed by atoms with Crippen molar-refractivity contribution in [2.75, 3.05) is 6.61 Å². The number of fused-ring (bicyclic) bond motifs is 1. The minimum Gasteiger partial charge on any atom is -0.465 e. The summed E-state index contributed by atoms with van der Waals surface area (Å²) in [5.74, 6) is -0.122. The summed E-state index contributed by atoms with van der Waals surface area (Å²) in [6, 6.07) is 5.98. The molecule has 0 saturated heterocycles. The lowest BCUT2D eigenvalue weighted by molar-refractivity contribution is -0.146. The van der Waals surface area contributed by atoms with Crippen LogP contribution < -0.4 is 0 Å². The molecule has 1 heterocycles. The molecule has 0 N–H and O–H groups in total. The third-order valence-corrected chi connectivity index (χ3v) is 4.89. The molecule has 3 rings (SSSR count). The molecule has 1 aliphatic carbocycles. The van der Waals surface area contributed by atoms with E-state index in [4.69, 9.17) is 4.74 Å². The molecule has 18 heavy (non-hydrogen) atoms.